The number of halogens is 3. The molecule has 3 aliphatic heterocycles. The normalized spacial score (nSPS) is 20.2. The number of pyridine rings is 1. The molecular formula is C33H37F3N6O3S. The molecule has 3 fully saturated rings. The van der Waals surface area contributed by atoms with E-state index >= 15 is 4.39 Å². The van der Waals surface area contributed by atoms with E-state index in [1.807, 2.05) is 4.90 Å². The number of benzene rings is 2. The third-order valence-electron chi connectivity index (χ3n) is 9.90. The largest absolute Gasteiger partial charge is 0.461 e. The average molecular weight is 655 g/mol. The highest BCUT2D eigenvalue weighted by Crippen LogP contribution is 2.40. The number of anilines is 1. The maximum Gasteiger partial charge on any atom is 0.319 e. The summed E-state index contributed by atoms with van der Waals surface area (Å²) in [7, 11) is -3.68. The van der Waals surface area contributed by atoms with Crippen LogP contribution in [0.4, 0.5) is 19.0 Å². The van der Waals surface area contributed by atoms with Crippen molar-refractivity contribution in [2.24, 2.45) is 11.1 Å². The highest BCUT2D eigenvalue weighted by Gasteiger charge is 2.45. The first-order valence-electron chi connectivity index (χ1n) is 15.9. The Morgan fingerprint density at radius 2 is 1.80 bits per heavy atom. The van der Waals surface area contributed by atoms with Crippen LogP contribution in [0.5, 0.6) is 6.01 Å². The Hall–Kier alpha value is -3.55. The summed E-state index contributed by atoms with van der Waals surface area (Å²) in [5.74, 6) is -0.613. The molecule has 7 rings (SSSR count). The Labute approximate surface area is 266 Å². The van der Waals surface area contributed by atoms with Crippen molar-refractivity contribution in [2.75, 3.05) is 43.4 Å². The SMILES string of the molecule is NS(=O)(=O)CC1CCCN(c2nc(OCC34CCCN3CCC4)nc3c(F)c(Cc4cccc5cccc(C(F)F)c45)ncc23)C1. The molecule has 244 valence electrons. The van der Waals surface area contributed by atoms with E-state index in [9.17, 15) is 17.2 Å². The van der Waals surface area contributed by atoms with Gasteiger partial charge in [0, 0.05) is 31.3 Å². The van der Waals surface area contributed by atoms with Gasteiger partial charge in [0.15, 0.2) is 5.82 Å². The lowest BCUT2D eigenvalue weighted by Gasteiger charge is -2.34. The number of sulfonamides is 1. The topological polar surface area (TPSA) is 115 Å². The number of nitrogens with zero attached hydrogens (tertiary/aromatic N) is 5. The summed E-state index contributed by atoms with van der Waals surface area (Å²) in [5, 5.41) is 6.77. The predicted molar refractivity (Wildman–Crippen MR) is 170 cm³/mol. The quantitative estimate of drug-likeness (QED) is 0.257. The third kappa shape index (κ3) is 6.00. The second-order valence-electron chi connectivity index (χ2n) is 12.9. The number of alkyl halides is 2. The number of primary sulfonamides is 1. The summed E-state index contributed by atoms with van der Waals surface area (Å²) in [6, 6.07) is 10.0. The van der Waals surface area contributed by atoms with Gasteiger partial charge in [-0.05, 0) is 73.9 Å². The molecule has 0 amide bonds. The molecule has 3 saturated heterocycles. The molecule has 1 atom stereocenters. The second-order valence-corrected chi connectivity index (χ2v) is 14.6. The van der Waals surface area contributed by atoms with Gasteiger partial charge in [0.1, 0.15) is 17.9 Å². The number of fused-ring (bicyclic) bond motifs is 3. The fourth-order valence-corrected chi connectivity index (χ4v) is 8.76. The van der Waals surface area contributed by atoms with E-state index in [0.29, 0.717) is 60.1 Å². The Kier molecular flexibility index (Phi) is 8.26. The van der Waals surface area contributed by atoms with Gasteiger partial charge in [0.05, 0.1) is 22.4 Å². The van der Waals surface area contributed by atoms with Gasteiger partial charge in [-0.15, -0.1) is 0 Å². The summed E-state index contributed by atoms with van der Waals surface area (Å²) >= 11 is 0. The van der Waals surface area contributed by atoms with Gasteiger partial charge in [-0.2, -0.15) is 9.97 Å². The number of hydrogen-bond acceptors (Lipinski definition) is 8. The van der Waals surface area contributed by atoms with Crippen molar-refractivity contribution in [1.29, 1.82) is 0 Å². The minimum absolute atomic E-state index is 0.0173. The molecule has 1 unspecified atom stereocenters. The minimum atomic E-state index is -3.68. The summed E-state index contributed by atoms with van der Waals surface area (Å²) in [6.45, 7) is 3.39. The number of hydrogen-bond donors (Lipinski definition) is 1. The van der Waals surface area contributed by atoms with Gasteiger partial charge in [0.2, 0.25) is 10.0 Å². The van der Waals surface area contributed by atoms with Crippen molar-refractivity contribution >= 4 is 37.5 Å². The van der Waals surface area contributed by atoms with Crippen molar-refractivity contribution in [3.05, 3.63) is 65.2 Å². The molecule has 5 heterocycles. The van der Waals surface area contributed by atoms with Crippen LogP contribution >= 0.6 is 0 Å². The molecule has 13 heteroatoms. The lowest BCUT2D eigenvalue weighted by molar-refractivity contribution is 0.108. The van der Waals surface area contributed by atoms with Gasteiger partial charge in [-0.1, -0.05) is 36.4 Å². The molecule has 0 aliphatic carbocycles. The van der Waals surface area contributed by atoms with E-state index in [2.05, 4.69) is 14.9 Å². The van der Waals surface area contributed by atoms with Crippen molar-refractivity contribution in [1.82, 2.24) is 19.9 Å². The number of rotatable bonds is 9. The van der Waals surface area contributed by atoms with Crippen molar-refractivity contribution in [3.8, 4) is 6.01 Å². The maximum absolute atomic E-state index is 16.5. The number of aromatic nitrogens is 3. The molecule has 3 aliphatic rings. The number of ether oxygens (including phenoxy) is 1. The van der Waals surface area contributed by atoms with E-state index in [1.165, 1.54) is 12.3 Å². The molecule has 2 aromatic carbocycles. The number of nitrogens with two attached hydrogens (primary N) is 1. The average Bonchev–Trinajstić information content (AvgIpc) is 3.61. The highest BCUT2D eigenvalue weighted by atomic mass is 32.2. The molecule has 0 radical (unpaired) electrons. The Morgan fingerprint density at radius 3 is 2.54 bits per heavy atom. The monoisotopic (exact) mass is 654 g/mol. The minimum Gasteiger partial charge on any atom is -0.461 e. The van der Waals surface area contributed by atoms with Gasteiger partial charge in [-0.25, -0.2) is 26.7 Å². The van der Waals surface area contributed by atoms with Gasteiger partial charge in [-0.3, -0.25) is 9.88 Å². The molecule has 4 aromatic rings. The first-order valence-corrected chi connectivity index (χ1v) is 17.6. The van der Waals surface area contributed by atoms with E-state index < -0.39 is 22.3 Å². The molecule has 2 N–H and O–H groups in total. The summed E-state index contributed by atoms with van der Waals surface area (Å²) in [4.78, 5) is 18.2. The van der Waals surface area contributed by atoms with Crippen molar-refractivity contribution in [3.63, 3.8) is 0 Å². The fraction of sp³-hybridized carbons (Fsp3) is 0.485. The fourth-order valence-electron chi connectivity index (χ4n) is 7.83. The van der Waals surface area contributed by atoms with E-state index in [0.717, 1.165) is 38.8 Å². The van der Waals surface area contributed by atoms with E-state index in [-0.39, 0.29) is 46.4 Å². The third-order valence-corrected chi connectivity index (χ3v) is 10.8. The van der Waals surface area contributed by atoms with Crippen LogP contribution in [0.1, 0.15) is 61.8 Å². The zero-order valence-electron chi connectivity index (χ0n) is 25.5. The standard InChI is InChI=1S/C33H37F3N6O3S/c34-28-26(16-23-9-1-7-22-8-2-10-24(27(22)23)30(35)36)38-17-25-29(28)39-32(45-20-33-11-4-14-42(33)15-5-12-33)40-31(25)41-13-3-6-21(18-41)19-46(37,43)44/h1-2,7-10,17,21,30H,3-6,11-16,18-20H2,(H2,37,43,44). The van der Waals surface area contributed by atoms with Gasteiger partial charge in [0.25, 0.3) is 6.43 Å². The van der Waals surface area contributed by atoms with Crippen LogP contribution in [0.25, 0.3) is 21.7 Å². The van der Waals surface area contributed by atoms with Crippen molar-refractivity contribution in [2.45, 2.75) is 56.9 Å². The Balaban J connectivity index is 1.28. The predicted octanol–water partition coefficient (Wildman–Crippen LogP) is 5.36. The van der Waals surface area contributed by atoms with Crippen LogP contribution in [0, 0.1) is 11.7 Å². The molecule has 0 spiro atoms. The van der Waals surface area contributed by atoms with Crippen LogP contribution in [-0.4, -0.2) is 72.3 Å². The van der Waals surface area contributed by atoms with E-state index in [1.54, 1.807) is 30.3 Å². The van der Waals surface area contributed by atoms with Crippen LogP contribution in [0.3, 0.4) is 0 Å². The molecule has 0 saturated carbocycles. The molecular weight excluding hydrogens is 617 g/mol. The first-order chi connectivity index (χ1) is 22.1. The van der Waals surface area contributed by atoms with Crippen LogP contribution < -0.4 is 14.8 Å². The second kappa shape index (κ2) is 12.2. The highest BCUT2D eigenvalue weighted by molar-refractivity contribution is 7.89. The van der Waals surface area contributed by atoms with Crippen LogP contribution in [0.15, 0.2) is 42.6 Å². The zero-order valence-corrected chi connectivity index (χ0v) is 26.3. The summed E-state index contributed by atoms with van der Waals surface area (Å²) in [5.41, 5.74) is 0.444. The lowest BCUT2D eigenvalue weighted by atomic mass is 9.95. The maximum atomic E-state index is 16.5. The van der Waals surface area contributed by atoms with Crippen LogP contribution in [-0.2, 0) is 16.4 Å². The summed E-state index contributed by atoms with van der Waals surface area (Å²) in [6.07, 6.45) is 4.44. The summed E-state index contributed by atoms with van der Waals surface area (Å²) < 4.78 is 74.5. The smallest absolute Gasteiger partial charge is 0.319 e. The lowest BCUT2D eigenvalue weighted by Crippen LogP contribution is -2.43. The molecule has 9 nitrogen and oxygen atoms in total. The van der Waals surface area contributed by atoms with Crippen molar-refractivity contribution < 1.29 is 26.3 Å². The zero-order chi connectivity index (χ0) is 32.1. The first kappa shape index (κ1) is 31.1. The number of piperidine rings is 1. The van der Waals surface area contributed by atoms with Crippen LogP contribution in [0.2, 0.25) is 0 Å². The van der Waals surface area contributed by atoms with Gasteiger partial charge >= 0.3 is 6.01 Å². The molecule has 0 bridgehead atoms. The Morgan fingerprint density at radius 1 is 1.04 bits per heavy atom. The van der Waals surface area contributed by atoms with Gasteiger partial charge < -0.3 is 9.64 Å². The molecule has 46 heavy (non-hydrogen) atoms. The molecule has 2 aromatic heterocycles. The Bertz CT molecular complexity index is 1880. The van der Waals surface area contributed by atoms with E-state index in [4.69, 9.17) is 14.9 Å².